The van der Waals surface area contributed by atoms with Crippen LogP contribution < -0.4 is 5.32 Å². The molecule has 0 radical (unpaired) electrons. The molecular weight excluding hydrogens is 266 g/mol. The Labute approximate surface area is 124 Å². The minimum atomic E-state index is -0.534. The van der Waals surface area contributed by atoms with E-state index in [1.807, 2.05) is 18.2 Å². The first-order chi connectivity index (χ1) is 10.2. The Morgan fingerprint density at radius 2 is 2.19 bits per heavy atom. The van der Waals surface area contributed by atoms with Gasteiger partial charge in [-0.15, -0.1) is 6.58 Å². The Bertz CT molecular complexity index is 543. The van der Waals surface area contributed by atoms with Crippen LogP contribution in [0.2, 0.25) is 0 Å². The Balaban J connectivity index is 1.78. The van der Waals surface area contributed by atoms with Crippen molar-refractivity contribution in [3.05, 3.63) is 48.0 Å². The molecule has 0 bridgehead atoms. The third kappa shape index (κ3) is 2.74. The van der Waals surface area contributed by atoms with Crippen molar-refractivity contribution in [2.75, 3.05) is 6.61 Å². The topological polar surface area (TPSA) is 58.6 Å². The summed E-state index contributed by atoms with van der Waals surface area (Å²) in [5.41, 5.74) is 2.23. The molecule has 1 heterocycles. The highest BCUT2D eigenvalue weighted by Gasteiger charge is 2.36. The van der Waals surface area contributed by atoms with E-state index in [-0.39, 0.29) is 24.0 Å². The van der Waals surface area contributed by atoms with Crippen molar-refractivity contribution in [2.24, 2.45) is 5.92 Å². The fraction of sp³-hybridized carbons (Fsp3) is 0.471. The van der Waals surface area contributed by atoms with Crippen molar-refractivity contribution in [3.8, 4) is 0 Å². The number of amides is 1. The standard InChI is InChI=1S/C17H21NO3/c1-2-15-13(9-10-21-15)17(20)18-16-12-6-4-3-5-11(12)7-8-14(16)19/h2-6,13-16,19H,1,7-10H2,(H,18,20)/t13-,14-,15+,16+/m1/s1. The predicted molar refractivity (Wildman–Crippen MR) is 79.7 cm³/mol. The number of benzene rings is 1. The van der Waals surface area contributed by atoms with Crippen LogP contribution in [0.5, 0.6) is 0 Å². The van der Waals surface area contributed by atoms with Gasteiger partial charge >= 0.3 is 0 Å². The summed E-state index contributed by atoms with van der Waals surface area (Å²) in [7, 11) is 0. The van der Waals surface area contributed by atoms with Crippen molar-refractivity contribution in [2.45, 2.75) is 37.5 Å². The number of aryl methyl sites for hydroxylation is 1. The predicted octanol–water partition coefficient (Wildman–Crippen LogP) is 1.74. The summed E-state index contributed by atoms with van der Waals surface area (Å²) < 4.78 is 5.48. The maximum Gasteiger partial charge on any atom is 0.226 e. The third-order valence-corrected chi connectivity index (χ3v) is 4.49. The van der Waals surface area contributed by atoms with E-state index in [9.17, 15) is 9.90 Å². The van der Waals surface area contributed by atoms with Crippen molar-refractivity contribution in [3.63, 3.8) is 0 Å². The van der Waals surface area contributed by atoms with Crippen molar-refractivity contribution in [1.29, 1.82) is 0 Å². The van der Waals surface area contributed by atoms with Crippen LogP contribution in [-0.4, -0.2) is 29.8 Å². The Morgan fingerprint density at radius 3 is 3.00 bits per heavy atom. The Hall–Kier alpha value is -1.65. The number of nitrogens with one attached hydrogen (secondary N) is 1. The third-order valence-electron chi connectivity index (χ3n) is 4.49. The Kier molecular flexibility index (Phi) is 4.08. The van der Waals surface area contributed by atoms with Gasteiger partial charge in [0, 0.05) is 6.61 Å². The van der Waals surface area contributed by atoms with Crippen LogP contribution in [-0.2, 0) is 16.0 Å². The van der Waals surface area contributed by atoms with Crippen molar-refractivity contribution >= 4 is 5.91 Å². The largest absolute Gasteiger partial charge is 0.391 e. The highest BCUT2D eigenvalue weighted by molar-refractivity contribution is 5.80. The van der Waals surface area contributed by atoms with Gasteiger partial charge in [-0.05, 0) is 30.4 Å². The molecule has 1 aliphatic heterocycles. The molecule has 0 unspecified atom stereocenters. The molecule has 2 N–H and O–H groups in total. The summed E-state index contributed by atoms with van der Waals surface area (Å²) in [5, 5.41) is 13.3. The summed E-state index contributed by atoms with van der Waals surface area (Å²) in [4.78, 5) is 12.5. The van der Waals surface area contributed by atoms with E-state index >= 15 is 0 Å². The molecule has 1 aromatic carbocycles. The van der Waals surface area contributed by atoms with Gasteiger partial charge in [-0.2, -0.15) is 0 Å². The number of hydrogen-bond donors (Lipinski definition) is 2. The van der Waals surface area contributed by atoms with Gasteiger partial charge in [0.05, 0.1) is 24.2 Å². The molecule has 1 saturated heterocycles. The first-order valence-corrected chi connectivity index (χ1v) is 7.51. The monoisotopic (exact) mass is 287 g/mol. The summed E-state index contributed by atoms with van der Waals surface area (Å²) in [5.74, 6) is -0.262. The molecular formula is C17H21NO3. The molecule has 21 heavy (non-hydrogen) atoms. The number of rotatable bonds is 3. The van der Waals surface area contributed by atoms with Gasteiger partial charge in [-0.1, -0.05) is 30.3 Å². The zero-order chi connectivity index (χ0) is 14.8. The number of fused-ring (bicyclic) bond motifs is 1. The minimum absolute atomic E-state index is 0.0573. The first-order valence-electron chi connectivity index (χ1n) is 7.51. The summed E-state index contributed by atoms with van der Waals surface area (Å²) >= 11 is 0. The van der Waals surface area contributed by atoms with Crippen LogP contribution in [0, 0.1) is 5.92 Å². The lowest BCUT2D eigenvalue weighted by molar-refractivity contribution is -0.127. The average Bonchev–Trinajstić information content (AvgIpc) is 2.98. The van der Waals surface area contributed by atoms with E-state index in [0.29, 0.717) is 19.4 Å². The van der Waals surface area contributed by atoms with E-state index in [2.05, 4.69) is 18.0 Å². The normalized spacial score (nSPS) is 31.5. The summed E-state index contributed by atoms with van der Waals surface area (Å²) in [6, 6.07) is 7.66. The van der Waals surface area contributed by atoms with Gasteiger partial charge in [0.2, 0.25) is 5.91 Å². The van der Waals surface area contributed by atoms with E-state index in [1.54, 1.807) is 6.08 Å². The molecule has 4 nitrogen and oxygen atoms in total. The molecule has 2 aliphatic rings. The second kappa shape index (κ2) is 6.00. The number of aliphatic hydroxyl groups is 1. The number of hydrogen-bond acceptors (Lipinski definition) is 3. The van der Waals surface area contributed by atoms with Gasteiger partial charge in [0.1, 0.15) is 0 Å². The molecule has 1 aromatic rings. The van der Waals surface area contributed by atoms with E-state index in [4.69, 9.17) is 4.74 Å². The van der Waals surface area contributed by atoms with Crippen LogP contribution in [0.15, 0.2) is 36.9 Å². The summed E-state index contributed by atoms with van der Waals surface area (Å²) in [6.45, 7) is 4.30. The van der Waals surface area contributed by atoms with Crippen molar-refractivity contribution < 1.29 is 14.6 Å². The maximum absolute atomic E-state index is 12.5. The lowest BCUT2D eigenvalue weighted by atomic mass is 9.85. The van der Waals surface area contributed by atoms with Crippen LogP contribution in [0.3, 0.4) is 0 Å². The average molecular weight is 287 g/mol. The van der Waals surface area contributed by atoms with E-state index < -0.39 is 6.10 Å². The van der Waals surface area contributed by atoms with Crippen LogP contribution in [0.25, 0.3) is 0 Å². The minimum Gasteiger partial charge on any atom is -0.391 e. The molecule has 0 spiro atoms. The molecule has 1 fully saturated rings. The first kappa shape index (κ1) is 14.3. The fourth-order valence-corrected chi connectivity index (χ4v) is 3.30. The number of carbonyl (C=O) groups excluding carboxylic acids is 1. The van der Waals surface area contributed by atoms with Crippen molar-refractivity contribution in [1.82, 2.24) is 5.32 Å². The highest BCUT2D eigenvalue weighted by atomic mass is 16.5. The van der Waals surface area contributed by atoms with Gasteiger partial charge in [-0.3, -0.25) is 4.79 Å². The number of carbonyl (C=O) groups is 1. The molecule has 3 rings (SSSR count). The quantitative estimate of drug-likeness (QED) is 0.833. The molecule has 4 heteroatoms. The molecule has 0 aromatic heterocycles. The zero-order valence-corrected chi connectivity index (χ0v) is 12.0. The zero-order valence-electron chi connectivity index (χ0n) is 12.0. The molecule has 112 valence electrons. The highest BCUT2D eigenvalue weighted by Crippen LogP contribution is 2.31. The molecule has 1 aliphatic carbocycles. The van der Waals surface area contributed by atoms with Crippen LogP contribution >= 0.6 is 0 Å². The van der Waals surface area contributed by atoms with Gasteiger partial charge in [-0.25, -0.2) is 0 Å². The maximum atomic E-state index is 12.5. The second-order valence-corrected chi connectivity index (χ2v) is 5.76. The van der Waals surface area contributed by atoms with Gasteiger partial charge in [0.15, 0.2) is 0 Å². The number of ether oxygens (including phenoxy) is 1. The smallest absolute Gasteiger partial charge is 0.226 e. The molecule has 0 saturated carbocycles. The second-order valence-electron chi connectivity index (χ2n) is 5.76. The van der Waals surface area contributed by atoms with Crippen LogP contribution in [0.1, 0.15) is 30.0 Å². The van der Waals surface area contributed by atoms with Crippen LogP contribution in [0.4, 0.5) is 0 Å². The Morgan fingerprint density at radius 1 is 1.38 bits per heavy atom. The molecule has 4 atom stereocenters. The molecule has 1 amide bonds. The summed E-state index contributed by atoms with van der Waals surface area (Å²) in [6.07, 6.45) is 3.16. The fourth-order valence-electron chi connectivity index (χ4n) is 3.30. The van der Waals surface area contributed by atoms with E-state index in [0.717, 1.165) is 12.0 Å². The number of aliphatic hydroxyl groups excluding tert-OH is 1. The lowest BCUT2D eigenvalue weighted by Crippen LogP contribution is -2.43. The van der Waals surface area contributed by atoms with E-state index in [1.165, 1.54) is 5.56 Å². The van der Waals surface area contributed by atoms with Gasteiger partial charge in [0.25, 0.3) is 0 Å². The lowest BCUT2D eigenvalue weighted by Gasteiger charge is -2.32. The van der Waals surface area contributed by atoms with Gasteiger partial charge < -0.3 is 15.2 Å². The SMILES string of the molecule is C=C[C@@H]1OCC[C@H]1C(=O)N[C@H]1c2ccccc2CC[C@H]1O.